The van der Waals surface area contributed by atoms with Crippen LogP contribution in [0.4, 0.5) is 0 Å². The fraction of sp³-hybridized carbons (Fsp3) is 0.182. The maximum absolute atomic E-state index is 10.5. The summed E-state index contributed by atoms with van der Waals surface area (Å²) >= 11 is 0. The van der Waals surface area contributed by atoms with E-state index in [4.69, 9.17) is 10.8 Å². The van der Waals surface area contributed by atoms with Crippen molar-refractivity contribution < 1.29 is 15.0 Å². The van der Waals surface area contributed by atoms with Gasteiger partial charge in [-0.05, 0) is 5.57 Å². The van der Waals surface area contributed by atoms with Gasteiger partial charge in [-0.3, -0.25) is 4.79 Å². The van der Waals surface area contributed by atoms with Crippen molar-refractivity contribution in [2.75, 3.05) is 0 Å². The lowest BCUT2D eigenvalue weighted by molar-refractivity contribution is -0.140. The van der Waals surface area contributed by atoms with Gasteiger partial charge in [0.05, 0.1) is 0 Å². The first-order chi connectivity index (χ1) is 7.04. The van der Waals surface area contributed by atoms with Crippen LogP contribution >= 0.6 is 0 Å². The summed E-state index contributed by atoms with van der Waals surface area (Å²) in [6, 6.07) is -1.36. The molecule has 0 aliphatic carbocycles. The van der Waals surface area contributed by atoms with Crippen molar-refractivity contribution in [3.63, 3.8) is 0 Å². The number of nitrogens with two attached hydrogens (primary N) is 1. The van der Waals surface area contributed by atoms with Gasteiger partial charge in [0.15, 0.2) is 0 Å². The normalized spacial score (nSPS) is 16.0. The first-order valence-electron chi connectivity index (χ1n) is 4.32. The van der Waals surface area contributed by atoms with E-state index in [0.29, 0.717) is 5.57 Å². The van der Waals surface area contributed by atoms with Gasteiger partial charge in [0, 0.05) is 0 Å². The molecule has 2 atom stereocenters. The Bertz CT molecular complexity index is 305. The molecule has 4 heteroatoms. The zero-order chi connectivity index (χ0) is 11.8. The molecule has 0 amide bonds. The molecule has 0 unspecified atom stereocenters. The van der Waals surface area contributed by atoms with Crippen LogP contribution in [0.5, 0.6) is 0 Å². The first-order valence-corrected chi connectivity index (χ1v) is 4.32. The molecule has 0 saturated carbocycles. The fourth-order valence-corrected chi connectivity index (χ4v) is 0.910. The summed E-state index contributed by atoms with van der Waals surface area (Å²) in [5.74, 6) is -1.26. The predicted octanol–water partition coefficient (Wildman–Crippen LogP) is 0.614. The number of rotatable bonds is 6. The summed E-state index contributed by atoms with van der Waals surface area (Å²) in [6.45, 7) is 6.92. The van der Waals surface area contributed by atoms with Gasteiger partial charge in [0.1, 0.15) is 12.1 Å². The highest BCUT2D eigenvalue weighted by atomic mass is 16.4. The quantitative estimate of drug-likeness (QED) is 0.560. The summed E-state index contributed by atoms with van der Waals surface area (Å²) in [5.41, 5.74) is 5.65. The zero-order valence-electron chi connectivity index (χ0n) is 8.34. The summed E-state index contributed by atoms with van der Waals surface area (Å²) in [6.07, 6.45) is 6.29. The number of carboxylic acid groups (broad SMARTS) is 1. The summed E-state index contributed by atoms with van der Waals surface area (Å²) in [5, 5.41) is 18.2. The van der Waals surface area contributed by atoms with E-state index >= 15 is 0 Å². The first kappa shape index (κ1) is 13.4. The van der Waals surface area contributed by atoms with Gasteiger partial charge in [0.25, 0.3) is 0 Å². The van der Waals surface area contributed by atoms with E-state index in [9.17, 15) is 9.90 Å². The molecule has 0 aromatic heterocycles. The van der Waals surface area contributed by atoms with Crippen LogP contribution in [0.2, 0.25) is 0 Å². The standard InChI is InChI=1S/C11H15NO3/c1-3-5-7-8(6-4-2)10(13)9(12)11(14)15/h3-7,9-10,13H,1-2,12H2,(H,14,15)/b7-5-,8-6+/t9-,10+/m0/s1. The Morgan fingerprint density at radius 2 is 1.93 bits per heavy atom. The second-order valence-electron chi connectivity index (χ2n) is 2.81. The number of aliphatic carboxylic acids is 1. The van der Waals surface area contributed by atoms with E-state index in [1.807, 2.05) is 0 Å². The van der Waals surface area contributed by atoms with Crippen molar-refractivity contribution in [2.45, 2.75) is 12.1 Å². The molecule has 0 aliphatic heterocycles. The Hall–Kier alpha value is -1.65. The van der Waals surface area contributed by atoms with E-state index in [1.165, 1.54) is 24.3 Å². The van der Waals surface area contributed by atoms with Gasteiger partial charge in [-0.2, -0.15) is 0 Å². The third-order valence-corrected chi connectivity index (χ3v) is 1.70. The number of aliphatic hydroxyl groups is 1. The Morgan fingerprint density at radius 3 is 2.33 bits per heavy atom. The lowest BCUT2D eigenvalue weighted by Gasteiger charge is -2.15. The number of aliphatic hydroxyl groups excluding tert-OH is 1. The highest BCUT2D eigenvalue weighted by Gasteiger charge is 2.23. The largest absolute Gasteiger partial charge is 0.480 e. The average molecular weight is 209 g/mol. The highest BCUT2D eigenvalue weighted by molar-refractivity contribution is 5.74. The van der Waals surface area contributed by atoms with Crippen LogP contribution in [0.25, 0.3) is 0 Å². The lowest BCUT2D eigenvalue weighted by Crippen LogP contribution is -2.42. The van der Waals surface area contributed by atoms with Gasteiger partial charge in [-0.15, -0.1) is 0 Å². The van der Waals surface area contributed by atoms with Crippen LogP contribution < -0.4 is 5.73 Å². The van der Waals surface area contributed by atoms with Gasteiger partial charge in [-0.25, -0.2) is 0 Å². The molecular formula is C11H15NO3. The van der Waals surface area contributed by atoms with Crippen molar-refractivity contribution >= 4 is 5.97 Å². The second kappa shape index (κ2) is 6.75. The summed E-state index contributed by atoms with van der Waals surface area (Å²) in [4.78, 5) is 10.5. The van der Waals surface area contributed by atoms with Crippen LogP contribution in [0.15, 0.2) is 49.1 Å². The molecule has 0 fully saturated rings. The minimum absolute atomic E-state index is 0.375. The monoisotopic (exact) mass is 209 g/mol. The average Bonchev–Trinajstić information content (AvgIpc) is 2.22. The maximum atomic E-state index is 10.5. The van der Waals surface area contributed by atoms with Gasteiger partial charge < -0.3 is 15.9 Å². The molecule has 0 radical (unpaired) electrons. The smallest absolute Gasteiger partial charge is 0.323 e. The number of allylic oxidation sites excluding steroid dienone is 4. The molecular weight excluding hydrogens is 194 g/mol. The SMILES string of the molecule is C=C/C=C\C(=C/C=C)[C@@H](O)[C@H](N)C(=O)O. The van der Waals surface area contributed by atoms with Crippen molar-refractivity contribution in [3.8, 4) is 0 Å². The number of hydrogen-bond acceptors (Lipinski definition) is 3. The Labute approximate surface area is 88.7 Å². The Morgan fingerprint density at radius 1 is 1.33 bits per heavy atom. The Kier molecular flexibility index (Phi) is 6.01. The number of carboxylic acids is 1. The molecule has 0 rings (SSSR count). The van der Waals surface area contributed by atoms with E-state index in [-0.39, 0.29) is 0 Å². The zero-order valence-corrected chi connectivity index (χ0v) is 8.34. The van der Waals surface area contributed by atoms with Crippen LogP contribution in [0.3, 0.4) is 0 Å². The molecule has 0 aliphatic rings. The maximum Gasteiger partial charge on any atom is 0.323 e. The van der Waals surface area contributed by atoms with Gasteiger partial charge in [-0.1, -0.05) is 43.5 Å². The molecule has 0 aromatic rings. The number of carbonyl (C=O) groups is 1. The van der Waals surface area contributed by atoms with E-state index in [2.05, 4.69) is 13.2 Å². The van der Waals surface area contributed by atoms with Crippen molar-refractivity contribution in [1.29, 1.82) is 0 Å². The third-order valence-electron chi connectivity index (χ3n) is 1.70. The number of hydrogen-bond donors (Lipinski definition) is 3. The predicted molar refractivity (Wildman–Crippen MR) is 59.2 cm³/mol. The molecule has 0 heterocycles. The topological polar surface area (TPSA) is 83.5 Å². The van der Waals surface area contributed by atoms with E-state index < -0.39 is 18.1 Å². The Balaban J connectivity index is 4.85. The molecule has 0 spiro atoms. The van der Waals surface area contributed by atoms with Crippen LogP contribution in [-0.2, 0) is 4.79 Å². The van der Waals surface area contributed by atoms with Crippen LogP contribution in [0.1, 0.15) is 0 Å². The second-order valence-corrected chi connectivity index (χ2v) is 2.81. The minimum Gasteiger partial charge on any atom is -0.480 e. The minimum atomic E-state index is -1.36. The van der Waals surface area contributed by atoms with E-state index in [0.717, 1.165) is 0 Å². The van der Waals surface area contributed by atoms with Crippen molar-refractivity contribution in [1.82, 2.24) is 0 Å². The van der Waals surface area contributed by atoms with Crippen LogP contribution in [0, 0.1) is 0 Å². The van der Waals surface area contributed by atoms with E-state index in [1.54, 1.807) is 6.08 Å². The van der Waals surface area contributed by atoms with Crippen LogP contribution in [-0.4, -0.2) is 28.3 Å². The summed E-state index contributed by atoms with van der Waals surface area (Å²) < 4.78 is 0. The molecule has 0 bridgehead atoms. The molecule has 4 N–H and O–H groups in total. The van der Waals surface area contributed by atoms with Crippen molar-refractivity contribution in [2.24, 2.45) is 5.73 Å². The molecule has 0 saturated heterocycles. The fourth-order valence-electron chi connectivity index (χ4n) is 0.910. The molecule has 15 heavy (non-hydrogen) atoms. The lowest BCUT2D eigenvalue weighted by atomic mass is 10.0. The van der Waals surface area contributed by atoms with Crippen molar-refractivity contribution in [3.05, 3.63) is 49.1 Å². The molecule has 4 nitrogen and oxygen atoms in total. The third kappa shape index (κ3) is 4.39. The van der Waals surface area contributed by atoms with Gasteiger partial charge in [0.2, 0.25) is 0 Å². The molecule has 0 aromatic carbocycles. The summed E-state index contributed by atoms with van der Waals surface area (Å²) in [7, 11) is 0. The molecule has 82 valence electrons. The van der Waals surface area contributed by atoms with Gasteiger partial charge >= 0.3 is 5.97 Å². The highest BCUT2D eigenvalue weighted by Crippen LogP contribution is 2.08.